The van der Waals surface area contributed by atoms with Gasteiger partial charge in [-0.05, 0) is 36.2 Å². The summed E-state index contributed by atoms with van der Waals surface area (Å²) in [5.41, 5.74) is 1.98. The molecule has 2 aromatic rings. The van der Waals surface area contributed by atoms with Crippen LogP contribution in [0, 0.1) is 5.82 Å². The highest BCUT2D eigenvalue weighted by molar-refractivity contribution is 6.31. The van der Waals surface area contributed by atoms with E-state index in [1.165, 1.54) is 12.1 Å². The maximum absolute atomic E-state index is 13.7. The van der Waals surface area contributed by atoms with E-state index in [2.05, 4.69) is 5.32 Å². The minimum atomic E-state index is -0.484. The van der Waals surface area contributed by atoms with Crippen LogP contribution in [-0.2, 0) is 22.6 Å². The average molecular weight is 361 g/mol. The number of rotatable bonds is 5. The molecule has 4 nitrogen and oxygen atoms in total. The van der Waals surface area contributed by atoms with Crippen LogP contribution in [0.25, 0.3) is 0 Å². The van der Waals surface area contributed by atoms with Crippen molar-refractivity contribution in [2.24, 2.45) is 0 Å². The van der Waals surface area contributed by atoms with Gasteiger partial charge in [-0.3, -0.25) is 9.59 Å². The molecule has 2 amide bonds. The van der Waals surface area contributed by atoms with E-state index >= 15 is 0 Å². The monoisotopic (exact) mass is 360 g/mol. The summed E-state index contributed by atoms with van der Waals surface area (Å²) < 4.78 is 13.7. The molecule has 0 aromatic heterocycles. The summed E-state index contributed by atoms with van der Waals surface area (Å²) >= 11 is 5.93. The predicted octanol–water partition coefficient (Wildman–Crippen LogP) is 3.46. The maximum Gasteiger partial charge on any atom is 0.227 e. The molecule has 2 aromatic carbocycles. The number of nitrogens with one attached hydrogen (secondary N) is 1. The Labute approximate surface area is 150 Å². The van der Waals surface area contributed by atoms with Gasteiger partial charge in [0.1, 0.15) is 5.82 Å². The van der Waals surface area contributed by atoms with Crippen LogP contribution >= 0.6 is 11.6 Å². The van der Waals surface area contributed by atoms with Crippen molar-refractivity contribution in [3.8, 4) is 0 Å². The van der Waals surface area contributed by atoms with E-state index in [4.69, 9.17) is 11.6 Å². The minimum Gasteiger partial charge on any atom is -0.352 e. The van der Waals surface area contributed by atoms with Crippen molar-refractivity contribution in [2.75, 3.05) is 11.4 Å². The molecular formula is C19H18ClFN2O2. The highest BCUT2D eigenvalue weighted by Gasteiger charge is 2.21. The lowest BCUT2D eigenvalue weighted by molar-refractivity contribution is -0.120. The number of carbonyl (C=O) groups is 2. The van der Waals surface area contributed by atoms with Crippen molar-refractivity contribution in [3.63, 3.8) is 0 Å². The van der Waals surface area contributed by atoms with Crippen LogP contribution in [-0.4, -0.2) is 18.4 Å². The molecule has 6 heteroatoms. The quantitative estimate of drug-likeness (QED) is 0.887. The topological polar surface area (TPSA) is 49.4 Å². The Bertz CT molecular complexity index is 772. The van der Waals surface area contributed by atoms with E-state index in [1.54, 1.807) is 11.0 Å². The number of anilines is 1. The number of nitrogens with zero attached hydrogens (tertiary/aromatic N) is 1. The summed E-state index contributed by atoms with van der Waals surface area (Å²) in [7, 11) is 0. The normalized spacial score (nSPS) is 14.0. The molecule has 0 aliphatic carbocycles. The van der Waals surface area contributed by atoms with E-state index in [0.29, 0.717) is 13.0 Å². The lowest BCUT2D eigenvalue weighted by Crippen LogP contribution is -2.25. The number of benzene rings is 2. The van der Waals surface area contributed by atoms with Gasteiger partial charge in [0.05, 0.1) is 6.42 Å². The second-order valence-corrected chi connectivity index (χ2v) is 6.38. The lowest BCUT2D eigenvalue weighted by atomic mass is 10.1. The van der Waals surface area contributed by atoms with E-state index in [0.717, 1.165) is 24.2 Å². The molecule has 1 fully saturated rings. The van der Waals surface area contributed by atoms with Crippen LogP contribution in [0.2, 0.25) is 5.02 Å². The van der Waals surface area contributed by atoms with Gasteiger partial charge in [-0.2, -0.15) is 0 Å². The fraction of sp³-hybridized carbons (Fsp3) is 0.263. The molecule has 0 spiro atoms. The molecule has 25 heavy (non-hydrogen) atoms. The summed E-state index contributed by atoms with van der Waals surface area (Å²) in [4.78, 5) is 25.5. The molecule has 1 heterocycles. The molecule has 1 aliphatic heterocycles. The van der Waals surface area contributed by atoms with E-state index in [9.17, 15) is 14.0 Å². The number of halogens is 2. The lowest BCUT2D eigenvalue weighted by Gasteiger charge is -2.16. The Morgan fingerprint density at radius 3 is 2.60 bits per heavy atom. The summed E-state index contributed by atoms with van der Waals surface area (Å²) in [5.74, 6) is -0.643. The minimum absolute atomic E-state index is 0.105. The van der Waals surface area contributed by atoms with Gasteiger partial charge in [0.25, 0.3) is 0 Å². The first kappa shape index (κ1) is 17.4. The molecule has 1 aliphatic rings. The van der Waals surface area contributed by atoms with Crippen LogP contribution in [0.3, 0.4) is 0 Å². The second-order valence-electron chi connectivity index (χ2n) is 5.97. The Balaban J connectivity index is 1.56. The van der Waals surface area contributed by atoms with Gasteiger partial charge >= 0.3 is 0 Å². The number of carbonyl (C=O) groups excluding carboxylic acids is 2. The Hall–Kier alpha value is -2.40. The Kier molecular flexibility index (Phi) is 5.34. The van der Waals surface area contributed by atoms with E-state index in [1.807, 2.05) is 24.3 Å². The van der Waals surface area contributed by atoms with Crippen LogP contribution in [0.15, 0.2) is 42.5 Å². The zero-order valence-electron chi connectivity index (χ0n) is 13.6. The largest absolute Gasteiger partial charge is 0.352 e. The number of amides is 2. The molecule has 1 saturated heterocycles. The van der Waals surface area contributed by atoms with Crippen molar-refractivity contribution < 1.29 is 14.0 Å². The van der Waals surface area contributed by atoms with Gasteiger partial charge in [0.15, 0.2) is 0 Å². The fourth-order valence-electron chi connectivity index (χ4n) is 2.84. The zero-order valence-corrected chi connectivity index (χ0v) is 14.4. The fourth-order valence-corrected chi connectivity index (χ4v) is 3.07. The van der Waals surface area contributed by atoms with Gasteiger partial charge in [0, 0.05) is 35.8 Å². The molecule has 0 saturated carbocycles. The summed E-state index contributed by atoms with van der Waals surface area (Å²) in [5, 5.41) is 3.00. The van der Waals surface area contributed by atoms with Crippen LogP contribution in [0.1, 0.15) is 24.0 Å². The van der Waals surface area contributed by atoms with E-state index in [-0.39, 0.29) is 28.8 Å². The smallest absolute Gasteiger partial charge is 0.227 e. The second kappa shape index (κ2) is 7.66. The SMILES string of the molecule is O=C(Cc1c(F)cccc1Cl)NCc1ccc(N2CCCC2=O)cc1. The Morgan fingerprint density at radius 1 is 1.20 bits per heavy atom. The summed E-state index contributed by atoms with van der Waals surface area (Å²) in [6.45, 7) is 1.08. The third kappa shape index (κ3) is 4.17. The summed E-state index contributed by atoms with van der Waals surface area (Å²) in [6, 6.07) is 11.8. The van der Waals surface area contributed by atoms with Gasteiger partial charge < -0.3 is 10.2 Å². The van der Waals surface area contributed by atoms with Gasteiger partial charge in [-0.1, -0.05) is 29.8 Å². The Morgan fingerprint density at radius 2 is 1.96 bits per heavy atom. The van der Waals surface area contributed by atoms with Crippen LogP contribution in [0.4, 0.5) is 10.1 Å². The first-order chi connectivity index (χ1) is 12.0. The third-order valence-corrected chi connectivity index (χ3v) is 4.56. The van der Waals surface area contributed by atoms with Crippen molar-refractivity contribution in [1.29, 1.82) is 0 Å². The highest BCUT2D eigenvalue weighted by atomic mass is 35.5. The molecule has 1 N–H and O–H groups in total. The average Bonchev–Trinajstić information content (AvgIpc) is 3.03. The molecule has 0 bridgehead atoms. The molecule has 130 valence electrons. The highest BCUT2D eigenvalue weighted by Crippen LogP contribution is 2.22. The van der Waals surface area contributed by atoms with Crippen molar-refractivity contribution in [2.45, 2.75) is 25.8 Å². The molecule has 0 unspecified atom stereocenters. The standard InChI is InChI=1S/C19H18ClFN2O2/c20-16-3-1-4-17(21)15(16)11-18(24)22-12-13-6-8-14(9-7-13)23-10-2-5-19(23)25/h1,3-4,6-9H,2,5,10-12H2,(H,22,24). The van der Waals surface area contributed by atoms with Crippen molar-refractivity contribution in [1.82, 2.24) is 5.32 Å². The van der Waals surface area contributed by atoms with Crippen LogP contribution in [0.5, 0.6) is 0 Å². The molecule has 0 atom stereocenters. The number of hydrogen-bond acceptors (Lipinski definition) is 2. The molecule has 0 radical (unpaired) electrons. The van der Waals surface area contributed by atoms with Gasteiger partial charge in [-0.15, -0.1) is 0 Å². The predicted molar refractivity (Wildman–Crippen MR) is 95.0 cm³/mol. The molecule has 3 rings (SSSR count). The van der Waals surface area contributed by atoms with Gasteiger partial charge in [-0.25, -0.2) is 4.39 Å². The summed E-state index contributed by atoms with van der Waals surface area (Å²) in [6.07, 6.45) is 1.37. The van der Waals surface area contributed by atoms with Gasteiger partial charge in [0.2, 0.25) is 11.8 Å². The zero-order chi connectivity index (χ0) is 17.8. The first-order valence-electron chi connectivity index (χ1n) is 8.13. The first-order valence-corrected chi connectivity index (χ1v) is 8.51. The van der Waals surface area contributed by atoms with Crippen LogP contribution < -0.4 is 10.2 Å². The number of hydrogen-bond donors (Lipinski definition) is 1. The maximum atomic E-state index is 13.7. The van der Waals surface area contributed by atoms with Crippen molar-refractivity contribution in [3.05, 3.63) is 64.4 Å². The van der Waals surface area contributed by atoms with E-state index < -0.39 is 5.82 Å². The molecular weight excluding hydrogens is 343 g/mol. The van der Waals surface area contributed by atoms with Crippen molar-refractivity contribution >= 4 is 29.1 Å². The third-order valence-electron chi connectivity index (χ3n) is 4.21.